The number of hydrogen-bond acceptors (Lipinski definition) is 5. The average Bonchev–Trinajstić information content (AvgIpc) is 3.06. The number of hydrogen-bond donors (Lipinski definition) is 1. The highest BCUT2D eigenvalue weighted by Gasteiger charge is 2.40. The van der Waals surface area contributed by atoms with Gasteiger partial charge in [0.1, 0.15) is 30.8 Å². The highest BCUT2D eigenvalue weighted by Crippen LogP contribution is 2.37. The van der Waals surface area contributed by atoms with E-state index in [4.69, 9.17) is 14.2 Å². The van der Waals surface area contributed by atoms with Crippen LogP contribution in [0.2, 0.25) is 0 Å². The van der Waals surface area contributed by atoms with E-state index in [1.54, 1.807) is 0 Å². The maximum atomic E-state index is 13.2. The van der Waals surface area contributed by atoms with Crippen molar-refractivity contribution < 1.29 is 19.0 Å². The smallest absolute Gasteiger partial charge is 0.326 e. The second-order valence-corrected chi connectivity index (χ2v) is 9.62. The molecular weight excluding hydrogens is 510 g/mol. The fourth-order valence-corrected chi connectivity index (χ4v) is 4.94. The quantitative estimate of drug-likeness (QED) is 0.139. The van der Waals surface area contributed by atoms with Crippen LogP contribution in [-0.2, 0) is 21.7 Å². The Morgan fingerprint density at radius 3 is 1.46 bits per heavy atom. The van der Waals surface area contributed by atoms with Gasteiger partial charge in [-0.25, -0.2) is 0 Å². The van der Waals surface area contributed by atoms with Gasteiger partial charge in [0.25, 0.3) is 0 Å². The van der Waals surface area contributed by atoms with Gasteiger partial charge in [0.05, 0.1) is 12.6 Å². The monoisotopic (exact) mass is 543 g/mol. The van der Waals surface area contributed by atoms with Crippen molar-refractivity contribution in [2.45, 2.75) is 18.2 Å². The number of carbonyl (C=O) groups excluding carboxylic acids is 1. The van der Waals surface area contributed by atoms with Crippen molar-refractivity contribution in [3.63, 3.8) is 0 Å². The molecule has 0 aliphatic rings. The SMILES string of the molecule is COC(=O)[C@H](COc1ccc(OCc2ccccc2)cc1)NC(c1ccccc1)(c1ccccc1)c1ccccc1. The van der Waals surface area contributed by atoms with E-state index in [2.05, 4.69) is 41.7 Å². The summed E-state index contributed by atoms with van der Waals surface area (Å²) < 4.78 is 17.3. The van der Waals surface area contributed by atoms with Crippen LogP contribution < -0.4 is 14.8 Å². The van der Waals surface area contributed by atoms with Crippen LogP contribution in [0.5, 0.6) is 11.5 Å². The van der Waals surface area contributed by atoms with Gasteiger partial charge < -0.3 is 14.2 Å². The molecule has 41 heavy (non-hydrogen) atoms. The summed E-state index contributed by atoms with van der Waals surface area (Å²) >= 11 is 0. The van der Waals surface area contributed by atoms with E-state index in [0.717, 1.165) is 28.0 Å². The topological polar surface area (TPSA) is 56.8 Å². The van der Waals surface area contributed by atoms with Gasteiger partial charge >= 0.3 is 5.97 Å². The molecule has 5 aromatic rings. The van der Waals surface area contributed by atoms with Crippen LogP contribution in [0.15, 0.2) is 146 Å². The molecule has 0 aliphatic carbocycles. The molecule has 0 heterocycles. The summed E-state index contributed by atoms with van der Waals surface area (Å²) in [6, 6.07) is 47.0. The van der Waals surface area contributed by atoms with Crippen molar-refractivity contribution in [3.05, 3.63) is 168 Å². The van der Waals surface area contributed by atoms with E-state index in [9.17, 15) is 4.79 Å². The van der Waals surface area contributed by atoms with E-state index in [1.807, 2.05) is 109 Å². The number of benzene rings is 5. The molecule has 0 unspecified atom stereocenters. The largest absolute Gasteiger partial charge is 0.491 e. The number of carbonyl (C=O) groups is 1. The number of rotatable bonds is 12. The van der Waals surface area contributed by atoms with E-state index >= 15 is 0 Å². The van der Waals surface area contributed by atoms with Crippen LogP contribution in [0.4, 0.5) is 0 Å². The molecule has 0 saturated heterocycles. The number of nitrogens with one attached hydrogen (secondary N) is 1. The molecule has 0 radical (unpaired) electrons. The maximum absolute atomic E-state index is 13.2. The fraction of sp³-hybridized carbons (Fsp3) is 0.139. The summed E-state index contributed by atoms with van der Waals surface area (Å²) in [6.45, 7) is 0.543. The lowest BCUT2D eigenvalue weighted by Gasteiger charge is -2.39. The molecular formula is C36H33NO4. The Bertz CT molecular complexity index is 1400. The highest BCUT2D eigenvalue weighted by molar-refractivity contribution is 5.76. The van der Waals surface area contributed by atoms with Gasteiger partial charge in [-0.3, -0.25) is 10.1 Å². The van der Waals surface area contributed by atoms with Crippen molar-refractivity contribution >= 4 is 5.97 Å². The Morgan fingerprint density at radius 1 is 0.610 bits per heavy atom. The van der Waals surface area contributed by atoms with Crippen LogP contribution in [-0.4, -0.2) is 25.7 Å². The Balaban J connectivity index is 1.41. The second kappa shape index (κ2) is 13.5. The van der Waals surface area contributed by atoms with Crippen molar-refractivity contribution in [1.82, 2.24) is 5.32 Å². The Kier molecular flexibility index (Phi) is 9.09. The second-order valence-electron chi connectivity index (χ2n) is 9.62. The number of methoxy groups -OCH3 is 1. The first kappa shape index (κ1) is 27.7. The average molecular weight is 544 g/mol. The van der Waals surface area contributed by atoms with Gasteiger partial charge in [-0.1, -0.05) is 121 Å². The minimum absolute atomic E-state index is 0.0607. The first-order chi connectivity index (χ1) is 20.2. The zero-order chi connectivity index (χ0) is 28.3. The maximum Gasteiger partial charge on any atom is 0.326 e. The van der Waals surface area contributed by atoms with Gasteiger partial charge in [-0.15, -0.1) is 0 Å². The molecule has 0 saturated carbocycles. The van der Waals surface area contributed by atoms with Crippen LogP contribution in [0.3, 0.4) is 0 Å². The molecule has 0 spiro atoms. The van der Waals surface area contributed by atoms with Gasteiger partial charge in [0.15, 0.2) is 0 Å². The third kappa shape index (κ3) is 6.65. The molecule has 1 atom stereocenters. The summed E-state index contributed by atoms with van der Waals surface area (Å²) in [6.07, 6.45) is 0. The van der Waals surface area contributed by atoms with Crippen molar-refractivity contribution in [2.24, 2.45) is 0 Å². The van der Waals surface area contributed by atoms with Crippen LogP contribution in [0, 0.1) is 0 Å². The van der Waals surface area contributed by atoms with E-state index in [-0.39, 0.29) is 6.61 Å². The van der Waals surface area contributed by atoms with Gasteiger partial charge in [0, 0.05) is 0 Å². The van der Waals surface area contributed by atoms with Gasteiger partial charge in [-0.2, -0.15) is 0 Å². The van der Waals surface area contributed by atoms with Crippen molar-refractivity contribution in [1.29, 1.82) is 0 Å². The zero-order valence-electron chi connectivity index (χ0n) is 23.0. The van der Waals surface area contributed by atoms with Crippen LogP contribution in [0.25, 0.3) is 0 Å². The summed E-state index contributed by atoms with van der Waals surface area (Å²) in [5.41, 5.74) is 3.23. The highest BCUT2D eigenvalue weighted by atomic mass is 16.5. The molecule has 0 aromatic heterocycles. The standard InChI is InChI=1S/C36H33NO4/c1-39-35(38)34(27-41-33-24-22-32(23-25-33)40-26-28-14-6-2-7-15-28)37-36(29-16-8-3-9-17-29,30-18-10-4-11-19-30)31-20-12-5-13-21-31/h2-25,34,37H,26-27H2,1H3/t34-/m0/s1. The lowest BCUT2D eigenvalue weighted by atomic mass is 9.76. The molecule has 5 rings (SSSR count). The molecule has 5 aromatic carbocycles. The summed E-state index contributed by atoms with van der Waals surface area (Å²) in [7, 11) is 1.39. The third-order valence-corrected chi connectivity index (χ3v) is 6.99. The third-order valence-electron chi connectivity index (χ3n) is 6.99. The van der Waals surface area contributed by atoms with Crippen molar-refractivity contribution in [2.75, 3.05) is 13.7 Å². The predicted octanol–water partition coefficient (Wildman–Crippen LogP) is 6.77. The normalized spacial score (nSPS) is 11.8. The Labute approximate surface area is 241 Å². The van der Waals surface area contributed by atoms with E-state index in [1.165, 1.54) is 7.11 Å². The summed E-state index contributed by atoms with van der Waals surface area (Å²) in [5, 5.41) is 3.66. The molecule has 1 N–H and O–H groups in total. The molecule has 0 fully saturated rings. The first-order valence-corrected chi connectivity index (χ1v) is 13.6. The lowest BCUT2D eigenvalue weighted by molar-refractivity contribution is -0.144. The molecule has 206 valence electrons. The van der Waals surface area contributed by atoms with Crippen LogP contribution in [0.1, 0.15) is 22.3 Å². The summed E-state index contributed by atoms with van der Waals surface area (Å²) in [5.74, 6) is 0.942. The van der Waals surface area contributed by atoms with Crippen LogP contribution >= 0.6 is 0 Å². The predicted molar refractivity (Wildman–Crippen MR) is 161 cm³/mol. The number of ether oxygens (including phenoxy) is 3. The Hall–Kier alpha value is -4.87. The van der Waals surface area contributed by atoms with Crippen molar-refractivity contribution in [3.8, 4) is 11.5 Å². The van der Waals surface area contributed by atoms with Gasteiger partial charge in [0.2, 0.25) is 0 Å². The van der Waals surface area contributed by atoms with Gasteiger partial charge in [-0.05, 0) is 46.5 Å². The summed E-state index contributed by atoms with van der Waals surface area (Å²) in [4.78, 5) is 13.2. The number of esters is 1. The molecule has 0 amide bonds. The molecule has 5 nitrogen and oxygen atoms in total. The Morgan fingerprint density at radius 2 is 1.02 bits per heavy atom. The first-order valence-electron chi connectivity index (χ1n) is 13.6. The minimum atomic E-state index is -0.846. The molecule has 5 heteroatoms. The van der Waals surface area contributed by atoms with E-state index in [0.29, 0.717) is 12.4 Å². The fourth-order valence-electron chi connectivity index (χ4n) is 4.94. The molecule has 0 bridgehead atoms. The van der Waals surface area contributed by atoms with E-state index < -0.39 is 17.6 Å². The zero-order valence-corrected chi connectivity index (χ0v) is 23.0. The minimum Gasteiger partial charge on any atom is -0.491 e. The lowest BCUT2D eigenvalue weighted by Crippen LogP contribution is -2.55. The molecule has 0 aliphatic heterocycles.